The molecule has 1 saturated heterocycles. The molecule has 0 bridgehead atoms. The molecular weight excluding hydrogens is 172 g/mol. The van der Waals surface area contributed by atoms with Gasteiger partial charge in [-0.3, -0.25) is 10.1 Å². The SMILES string of the molecule is Cc1noc(NC(=O)C2CNC2)n1. The molecule has 1 aliphatic heterocycles. The summed E-state index contributed by atoms with van der Waals surface area (Å²) in [4.78, 5) is 15.2. The number of hydrogen-bond acceptors (Lipinski definition) is 5. The Morgan fingerprint density at radius 1 is 1.69 bits per heavy atom. The first-order valence-corrected chi connectivity index (χ1v) is 4.07. The smallest absolute Gasteiger partial charge is 0.315 e. The lowest BCUT2D eigenvalue weighted by Crippen LogP contribution is -2.48. The van der Waals surface area contributed by atoms with Gasteiger partial charge < -0.3 is 9.84 Å². The molecule has 0 aliphatic carbocycles. The fourth-order valence-electron chi connectivity index (χ4n) is 1.03. The van der Waals surface area contributed by atoms with Crippen LogP contribution in [0.2, 0.25) is 0 Å². The predicted octanol–water partition coefficient (Wildman–Crippen LogP) is -0.464. The van der Waals surface area contributed by atoms with E-state index in [2.05, 4.69) is 20.8 Å². The van der Waals surface area contributed by atoms with E-state index in [0.29, 0.717) is 5.82 Å². The number of rotatable bonds is 2. The van der Waals surface area contributed by atoms with Gasteiger partial charge in [-0.05, 0) is 6.92 Å². The van der Waals surface area contributed by atoms with Crippen molar-refractivity contribution in [3.63, 3.8) is 0 Å². The van der Waals surface area contributed by atoms with Crippen molar-refractivity contribution < 1.29 is 9.32 Å². The van der Waals surface area contributed by atoms with Crippen LogP contribution in [0.5, 0.6) is 0 Å². The number of aryl methyl sites for hydroxylation is 1. The zero-order chi connectivity index (χ0) is 9.26. The van der Waals surface area contributed by atoms with E-state index in [1.54, 1.807) is 6.92 Å². The van der Waals surface area contributed by atoms with Crippen LogP contribution in [0.3, 0.4) is 0 Å². The first kappa shape index (κ1) is 8.18. The maximum absolute atomic E-state index is 11.3. The molecule has 1 aromatic rings. The summed E-state index contributed by atoms with van der Waals surface area (Å²) in [5.74, 6) is 0.483. The van der Waals surface area contributed by atoms with Crippen molar-refractivity contribution in [1.82, 2.24) is 15.5 Å². The van der Waals surface area contributed by atoms with Crippen molar-refractivity contribution in [3.05, 3.63) is 5.82 Å². The summed E-state index contributed by atoms with van der Waals surface area (Å²) in [6.07, 6.45) is 0. The average Bonchev–Trinajstić information content (AvgIpc) is 2.31. The highest BCUT2D eigenvalue weighted by Gasteiger charge is 2.25. The third kappa shape index (κ3) is 1.67. The van der Waals surface area contributed by atoms with Crippen LogP contribution in [0.15, 0.2) is 4.52 Å². The van der Waals surface area contributed by atoms with Crippen molar-refractivity contribution in [3.8, 4) is 0 Å². The fourth-order valence-corrected chi connectivity index (χ4v) is 1.03. The third-order valence-electron chi connectivity index (χ3n) is 1.91. The Bertz CT molecular complexity index is 318. The Morgan fingerprint density at radius 3 is 2.92 bits per heavy atom. The van der Waals surface area contributed by atoms with E-state index in [1.165, 1.54) is 0 Å². The van der Waals surface area contributed by atoms with Crippen LogP contribution in [-0.4, -0.2) is 29.1 Å². The summed E-state index contributed by atoms with van der Waals surface area (Å²) in [7, 11) is 0. The number of nitrogens with zero attached hydrogens (tertiary/aromatic N) is 2. The van der Waals surface area contributed by atoms with E-state index in [0.717, 1.165) is 13.1 Å². The van der Waals surface area contributed by atoms with Gasteiger partial charge in [0.2, 0.25) is 5.91 Å². The molecule has 0 unspecified atom stereocenters. The monoisotopic (exact) mass is 182 g/mol. The predicted molar refractivity (Wildman–Crippen MR) is 44.0 cm³/mol. The summed E-state index contributed by atoms with van der Waals surface area (Å²) in [6.45, 7) is 3.14. The second-order valence-electron chi connectivity index (χ2n) is 2.99. The lowest BCUT2D eigenvalue weighted by molar-refractivity contribution is -0.121. The van der Waals surface area contributed by atoms with Crippen LogP contribution in [0.4, 0.5) is 6.01 Å². The minimum absolute atomic E-state index is 0.0345. The minimum atomic E-state index is -0.0672. The first-order valence-electron chi connectivity index (χ1n) is 4.07. The average molecular weight is 182 g/mol. The van der Waals surface area contributed by atoms with Gasteiger partial charge in [0.05, 0.1) is 5.92 Å². The van der Waals surface area contributed by atoms with Gasteiger partial charge in [0.15, 0.2) is 5.82 Å². The molecule has 2 N–H and O–H groups in total. The number of hydrogen-bond donors (Lipinski definition) is 2. The summed E-state index contributed by atoms with van der Waals surface area (Å²) < 4.78 is 4.74. The molecule has 1 aliphatic rings. The van der Waals surface area contributed by atoms with Gasteiger partial charge in [-0.1, -0.05) is 5.16 Å². The molecule has 0 saturated carbocycles. The summed E-state index contributed by atoms with van der Waals surface area (Å²) in [6, 6.07) is 0.175. The first-order chi connectivity index (χ1) is 6.25. The van der Waals surface area contributed by atoms with Crippen molar-refractivity contribution in [1.29, 1.82) is 0 Å². The third-order valence-corrected chi connectivity index (χ3v) is 1.91. The number of nitrogens with one attached hydrogen (secondary N) is 2. The van der Waals surface area contributed by atoms with E-state index < -0.39 is 0 Å². The maximum Gasteiger partial charge on any atom is 0.328 e. The van der Waals surface area contributed by atoms with Crippen LogP contribution in [0.1, 0.15) is 5.82 Å². The zero-order valence-electron chi connectivity index (χ0n) is 7.20. The normalized spacial score (nSPS) is 16.7. The van der Waals surface area contributed by atoms with E-state index in [-0.39, 0.29) is 17.8 Å². The molecule has 1 fully saturated rings. The summed E-state index contributed by atoms with van der Waals surface area (Å²) >= 11 is 0. The van der Waals surface area contributed by atoms with E-state index >= 15 is 0 Å². The van der Waals surface area contributed by atoms with Crippen molar-refractivity contribution in [2.24, 2.45) is 5.92 Å². The fraction of sp³-hybridized carbons (Fsp3) is 0.571. The standard InChI is InChI=1S/C7H10N4O2/c1-4-9-7(13-11-4)10-6(12)5-2-8-3-5/h5,8H,2-3H2,1H3,(H,9,10,11,12). The molecule has 13 heavy (non-hydrogen) atoms. The van der Waals surface area contributed by atoms with E-state index in [4.69, 9.17) is 4.52 Å². The molecule has 70 valence electrons. The van der Waals surface area contributed by atoms with Crippen LogP contribution in [-0.2, 0) is 4.79 Å². The summed E-state index contributed by atoms with van der Waals surface area (Å²) in [5, 5.41) is 9.11. The van der Waals surface area contributed by atoms with Crippen molar-refractivity contribution >= 4 is 11.9 Å². The Morgan fingerprint density at radius 2 is 2.46 bits per heavy atom. The summed E-state index contributed by atoms with van der Waals surface area (Å²) in [5.41, 5.74) is 0. The Labute approximate surface area is 74.7 Å². The Kier molecular flexibility index (Phi) is 1.97. The highest BCUT2D eigenvalue weighted by Crippen LogP contribution is 2.08. The van der Waals surface area contributed by atoms with Crippen LogP contribution in [0.25, 0.3) is 0 Å². The lowest BCUT2D eigenvalue weighted by Gasteiger charge is -2.24. The molecule has 2 rings (SSSR count). The van der Waals surface area contributed by atoms with Gasteiger partial charge in [-0.25, -0.2) is 0 Å². The molecule has 1 amide bonds. The topological polar surface area (TPSA) is 80.0 Å². The lowest BCUT2D eigenvalue weighted by atomic mass is 10.0. The molecule has 0 radical (unpaired) electrons. The quantitative estimate of drug-likeness (QED) is 0.646. The Hall–Kier alpha value is -1.43. The van der Waals surface area contributed by atoms with Crippen LogP contribution >= 0.6 is 0 Å². The van der Waals surface area contributed by atoms with Crippen molar-refractivity contribution in [2.45, 2.75) is 6.92 Å². The van der Waals surface area contributed by atoms with Gasteiger partial charge in [0, 0.05) is 13.1 Å². The number of aromatic nitrogens is 2. The number of amides is 1. The van der Waals surface area contributed by atoms with Gasteiger partial charge in [-0.2, -0.15) is 4.98 Å². The zero-order valence-corrected chi connectivity index (χ0v) is 7.20. The second-order valence-corrected chi connectivity index (χ2v) is 2.99. The van der Waals surface area contributed by atoms with Crippen LogP contribution < -0.4 is 10.6 Å². The largest absolute Gasteiger partial charge is 0.328 e. The van der Waals surface area contributed by atoms with Crippen molar-refractivity contribution in [2.75, 3.05) is 18.4 Å². The van der Waals surface area contributed by atoms with E-state index in [9.17, 15) is 4.79 Å². The molecular formula is C7H10N4O2. The molecule has 2 heterocycles. The Balaban J connectivity index is 1.93. The minimum Gasteiger partial charge on any atom is -0.315 e. The van der Waals surface area contributed by atoms with Gasteiger partial charge in [-0.15, -0.1) is 0 Å². The highest BCUT2D eigenvalue weighted by molar-refractivity contribution is 5.91. The van der Waals surface area contributed by atoms with Gasteiger partial charge in [0.25, 0.3) is 0 Å². The molecule has 6 heteroatoms. The van der Waals surface area contributed by atoms with Gasteiger partial charge >= 0.3 is 6.01 Å². The van der Waals surface area contributed by atoms with Crippen LogP contribution in [0, 0.1) is 12.8 Å². The highest BCUT2D eigenvalue weighted by atomic mass is 16.5. The number of anilines is 1. The molecule has 6 nitrogen and oxygen atoms in total. The van der Waals surface area contributed by atoms with E-state index in [1.807, 2.05) is 0 Å². The van der Waals surface area contributed by atoms with Gasteiger partial charge in [0.1, 0.15) is 0 Å². The number of carbonyl (C=O) groups is 1. The molecule has 0 spiro atoms. The molecule has 0 atom stereocenters. The maximum atomic E-state index is 11.3. The molecule has 1 aromatic heterocycles. The number of carbonyl (C=O) groups excluding carboxylic acids is 1. The molecule has 0 aromatic carbocycles. The second kappa shape index (κ2) is 3.14.